The van der Waals surface area contributed by atoms with Crippen molar-refractivity contribution in [2.45, 2.75) is 39.8 Å². The third-order valence-corrected chi connectivity index (χ3v) is 9.53. The summed E-state index contributed by atoms with van der Waals surface area (Å²) in [6.45, 7) is 6.80. The van der Waals surface area contributed by atoms with E-state index in [-0.39, 0.29) is 17.5 Å². The smallest absolute Gasteiger partial charge is 0.152 e. The number of thiophene rings is 1. The summed E-state index contributed by atoms with van der Waals surface area (Å²) in [6.07, 6.45) is 2.26. The van der Waals surface area contributed by atoms with Gasteiger partial charge in [0.15, 0.2) is 9.84 Å². The Morgan fingerprint density at radius 2 is 1.91 bits per heavy atom. The number of fused-ring (bicyclic) bond motifs is 1. The summed E-state index contributed by atoms with van der Waals surface area (Å²) in [6, 6.07) is 10.3. The number of rotatable bonds is 5. The van der Waals surface area contributed by atoms with Gasteiger partial charge in [0.1, 0.15) is 17.0 Å². The molecule has 0 amide bonds. The second kappa shape index (κ2) is 8.22. The fraction of sp³-hybridized carbons (Fsp3) is 0.375. The van der Waals surface area contributed by atoms with Crippen LogP contribution >= 0.6 is 11.3 Å². The lowest BCUT2D eigenvalue weighted by atomic mass is 10.1. The Bertz CT molecular complexity index is 1440. The maximum Gasteiger partial charge on any atom is 0.152 e. The highest BCUT2D eigenvalue weighted by Gasteiger charge is 2.31. The van der Waals surface area contributed by atoms with Crippen LogP contribution in [0.3, 0.4) is 0 Å². The average molecular weight is 482 g/mol. The number of benzene rings is 1. The number of nitrogens with zero attached hydrogens (tertiary/aromatic N) is 5. The molecule has 1 saturated heterocycles. The molecule has 0 saturated carbocycles. The molecule has 7 nitrogen and oxygen atoms in total. The Hall–Kier alpha value is -2.78. The van der Waals surface area contributed by atoms with Crippen LogP contribution in [-0.4, -0.2) is 46.7 Å². The van der Waals surface area contributed by atoms with Crippen LogP contribution in [0.4, 0.5) is 5.82 Å². The molecule has 1 aromatic carbocycles. The van der Waals surface area contributed by atoms with E-state index < -0.39 is 9.84 Å². The molecule has 9 heteroatoms. The van der Waals surface area contributed by atoms with Gasteiger partial charge in [-0.05, 0) is 38.3 Å². The number of anilines is 1. The van der Waals surface area contributed by atoms with Crippen LogP contribution in [0.15, 0.2) is 36.7 Å². The largest absolute Gasteiger partial charge is 0.355 e. The second-order valence-corrected chi connectivity index (χ2v) is 12.0. The molecule has 0 bridgehead atoms. The van der Waals surface area contributed by atoms with Crippen LogP contribution in [0, 0.1) is 20.8 Å². The molecule has 0 aliphatic carbocycles. The molecule has 0 radical (unpaired) electrons. The van der Waals surface area contributed by atoms with Crippen LogP contribution in [0.1, 0.15) is 35.0 Å². The molecular formula is C24H27N5O2S2. The van der Waals surface area contributed by atoms with E-state index in [4.69, 9.17) is 5.10 Å². The normalized spacial score (nSPS) is 17.6. The number of hydrogen-bond donors (Lipinski definition) is 0. The van der Waals surface area contributed by atoms with Gasteiger partial charge in [-0.2, -0.15) is 5.10 Å². The first-order valence-electron chi connectivity index (χ1n) is 11.0. The van der Waals surface area contributed by atoms with Crippen LogP contribution in [-0.2, 0) is 16.4 Å². The molecule has 1 aliphatic heterocycles. The Kier molecular flexibility index (Phi) is 5.49. The van der Waals surface area contributed by atoms with E-state index in [1.165, 1.54) is 16.0 Å². The maximum atomic E-state index is 12.0. The molecule has 33 heavy (non-hydrogen) atoms. The Morgan fingerprint density at radius 3 is 2.61 bits per heavy atom. The van der Waals surface area contributed by atoms with Gasteiger partial charge in [-0.3, -0.25) is 4.68 Å². The van der Waals surface area contributed by atoms with Crippen molar-refractivity contribution in [3.8, 4) is 10.4 Å². The lowest BCUT2D eigenvalue weighted by molar-refractivity contribution is 0.485. The van der Waals surface area contributed by atoms with Crippen molar-refractivity contribution >= 4 is 37.2 Å². The highest BCUT2D eigenvalue weighted by Crippen LogP contribution is 2.40. The number of aryl methyl sites for hydroxylation is 2. The van der Waals surface area contributed by atoms with Gasteiger partial charge in [0.2, 0.25) is 0 Å². The molecule has 1 atom stereocenters. The molecule has 0 spiro atoms. The Labute approximate surface area is 198 Å². The van der Waals surface area contributed by atoms with Crippen molar-refractivity contribution in [1.82, 2.24) is 19.7 Å². The lowest BCUT2D eigenvalue weighted by Gasteiger charge is -2.20. The molecule has 1 fully saturated rings. The van der Waals surface area contributed by atoms with Crippen LogP contribution in [0.2, 0.25) is 0 Å². The van der Waals surface area contributed by atoms with Gasteiger partial charge in [0.25, 0.3) is 0 Å². The lowest BCUT2D eigenvalue weighted by Crippen LogP contribution is -2.19. The number of sulfone groups is 1. The zero-order chi connectivity index (χ0) is 23.3. The van der Waals surface area contributed by atoms with E-state index in [1.807, 2.05) is 31.6 Å². The number of hydrogen-bond acceptors (Lipinski definition) is 7. The monoisotopic (exact) mass is 481 g/mol. The minimum absolute atomic E-state index is 0.0777. The zero-order valence-corrected chi connectivity index (χ0v) is 20.9. The molecular weight excluding hydrogens is 454 g/mol. The van der Waals surface area contributed by atoms with Crippen molar-refractivity contribution in [2.75, 3.05) is 23.5 Å². The summed E-state index contributed by atoms with van der Waals surface area (Å²) in [5.74, 6) is 1.31. The van der Waals surface area contributed by atoms with Gasteiger partial charge < -0.3 is 4.90 Å². The van der Waals surface area contributed by atoms with Gasteiger partial charge in [-0.15, -0.1) is 11.3 Å². The predicted octanol–water partition coefficient (Wildman–Crippen LogP) is 4.48. The van der Waals surface area contributed by atoms with E-state index in [0.29, 0.717) is 13.0 Å². The third kappa shape index (κ3) is 3.93. The summed E-state index contributed by atoms with van der Waals surface area (Å²) in [7, 11) is -0.928. The first-order chi connectivity index (χ1) is 15.7. The molecule has 0 N–H and O–H groups in total. The number of aromatic nitrogens is 4. The van der Waals surface area contributed by atoms with Crippen molar-refractivity contribution in [1.29, 1.82) is 0 Å². The van der Waals surface area contributed by atoms with E-state index >= 15 is 0 Å². The zero-order valence-electron chi connectivity index (χ0n) is 19.2. The van der Waals surface area contributed by atoms with Gasteiger partial charge in [0, 0.05) is 29.7 Å². The van der Waals surface area contributed by atoms with Crippen LogP contribution in [0.5, 0.6) is 0 Å². The Morgan fingerprint density at radius 1 is 1.15 bits per heavy atom. The van der Waals surface area contributed by atoms with E-state index in [2.05, 4.69) is 46.1 Å². The first kappa shape index (κ1) is 22.0. The maximum absolute atomic E-state index is 12.0. The van der Waals surface area contributed by atoms with Crippen molar-refractivity contribution in [3.63, 3.8) is 0 Å². The highest BCUT2D eigenvalue weighted by molar-refractivity contribution is 7.91. The van der Waals surface area contributed by atoms with E-state index in [0.717, 1.165) is 33.0 Å². The van der Waals surface area contributed by atoms with Crippen molar-refractivity contribution in [2.24, 2.45) is 0 Å². The Balaban J connectivity index is 1.49. The quantitative estimate of drug-likeness (QED) is 0.418. The standard InChI is InChI=1S/C24H27N5O2S2/c1-15-21-23(25-14-26-24(21)32-22(15)18-8-6-5-7-9-18)28(4)12-20-16(2)27-29(17(20)3)19-10-11-33(30,31)13-19/h5-9,14,19H,10-13H2,1-4H3/t19-/m1/s1. The van der Waals surface area contributed by atoms with Gasteiger partial charge in [-0.25, -0.2) is 18.4 Å². The second-order valence-electron chi connectivity index (χ2n) is 8.81. The SMILES string of the molecule is Cc1nn([C@@H]2CCS(=O)(=O)C2)c(C)c1CN(C)c1ncnc2sc(-c3ccccc3)c(C)c12. The van der Waals surface area contributed by atoms with Gasteiger partial charge >= 0.3 is 0 Å². The summed E-state index contributed by atoms with van der Waals surface area (Å²) in [5, 5.41) is 5.80. The molecule has 172 valence electrons. The van der Waals surface area contributed by atoms with E-state index in [1.54, 1.807) is 17.7 Å². The fourth-order valence-corrected chi connectivity index (χ4v) is 7.61. The van der Waals surface area contributed by atoms with E-state index in [9.17, 15) is 8.42 Å². The predicted molar refractivity (Wildman–Crippen MR) is 134 cm³/mol. The molecule has 1 aliphatic rings. The molecule has 3 aromatic heterocycles. The van der Waals surface area contributed by atoms with Crippen LogP contribution in [0.25, 0.3) is 20.7 Å². The first-order valence-corrected chi connectivity index (χ1v) is 13.6. The minimum atomic E-state index is -2.97. The fourth-order valence-electron chi connectivity index (χ4n) is 4.77. The highest BCUT2D eigenvalue weighted by atomic mass is 32.2. The van der Waals surface area contributed by atoms with Crippen LogP contribution < -0.4 is 4.90 Å². The summed E-state index contributed by atoms with van der Waals surface area (Å²) in [5.41, 5.74) is 5.44. The minimum Gasteiger partial charge on any atom is -0.355 e. The summed E-state index contributed by atoms with van der Waals surface area (Å²) >= 11 is 1.69. The van der Waals surface area contributed by atoms with Crippen molar-refractivity contribution < 1.29 is 8.42 Å². The average Bonchev–Trinajstić information content (AvgIpc) is 3.42. The van der Waals surface area contributed by atoms with Gasteiger partial charge in [0.05, 0.1) is 28.6 Å². The molecule has 5 rings (SSSR count). The van der Waals surface area contributed by atoms with Crippen molar-refractivity contribution in [3.05, 3.63) is 59.2 Å². The van der Waals surface area contributed by atoms with Gasteiger partial charge in [-0.1, -0.05) is 30.3 Å². The topological polar surface area (TPSA) is 81.0 Å². The summed E-state index contributed by atoms with van der Waals surface area (Å²) in [4.78, 5) is 13.5. The molecule has 4 heterocycles. The summed E-state index contributed by atoms with van der Waals surface area (Å²) < 4.78 is 25.9. The molecule has 0 unspecified atom stereocenters. The molecule has 4 aromatic rings. The third-order valence-electron chi connectivity index (χ3n) is 6.53.